The standard InChI is InChI=1S/C22H18F2N6/c23-16-2-1-3-17(24)18(16)19-15-10-12(11-25)4-5-14(15)20-21(28-19)22(30-29-20)27-13-6-8-26-9-7-13/h1-5,10,13,26H,6-9H2,(H2,27,29,30). The summed E-state index contributed by atoms with van der Waals surface area (Å²) in [5.41, 5.74) is 1.50. The summed E-state index contributed by atoms with van der Waals surface area (Å²) in [6, 6.07) is 11.1. The molecule has 1 fully saturated rings. The number of nitriles is 1. The van der Waals surface area contributed by atoms with Gasteiger partial charge in [0.2, 0.25) is 0 Å². The lowest BCUT2D eigenvalue weighted by molar-refractivity contribution is 0.478. The van der Waals surface area contributed by atoms with Crippen LogP contribution in [0.3, 0.4) is 0 Å². The van der Waals surface area contributed by atoms with Crippen molar-refractivity contribution in [3.8, 4) is 17.3 Å². The lowest BCUT2D eigenvalue weighted by Crippen LogP contribution is -2.35. The zero-order valence-electron chi connectivity index (χ0n) is 16.0. The second kappa shape index (κ2) is 7.35. The van der Waals surface area contributed by atoms with Gasteiger partial charge in [0.15, 0.2) is 5.82 Å². The highest BCUT2D eigenvalue weighted by Crippen LogP contribution is 2.36. The summed E-state index contributed by atoms with van der Waals surface area (Å²) < 4.78 is 29.3. The van der Waals surface area contributed by atoms with Crippen molar-refractivity contribution in [2.24, 2.45) is 0 Å². The Kier molecular flexibility index (Phi) is 4.52. The molecule has 0 saturated carbocycles. The van der Waals surface area contributed by atoms with Gasteiger partial charge in [0.1, 0.15) is 17.2 Å². The molecule has 1 aliphatic rings. The fraction of sp³-hybridized carbons (Fsp3) is 0.227. The van der Waals surface area contributed by atoms with Crippen LogP contribution in [0.4, 0.5) is 14.6 Å². The first-order valence-corrected chi connectivity index (χ1v) is 9.79. The Labute approximate surface area is 170 Å². The molecule has 1 aliphatic heterocycles. The highest BCUT2D eigenvalue weighted by atomic mass is 19.1. The number of nitrogens with zero attached hydrogens (tertiary/aromatic N) is 3. The number of halogens is 2. The average Bonchev–Trinajstić information content (AvgIpc) is 3.16. The molecule has 0 spiro atoms. The van der Waals surface area contributed by atoms with E-state index in [9.17, 15) is 14.0 Å². The fourth-order valence-electron chi connectivity index (χ4n) is 4.01. The van der Waals surface area contributed by atoms with Crippen LogP contribution in [0.1, 0.15) is 18.4 Å². The van der Waals surface area contributed by atoms with Crippen LogP contribution in [0.25, 0.3) is 33.1 Å². The van der Waals surface area contributed by atoms with Crippen LogP contribution in [0.15, 0.2) is 36.4 Å². The predicted molar refractivity (Wildman–Crippen MR) is 111 cm³/mol. The molecule has 3 heterocycles. The largest absolute Gasteiger partial charge is 0.364 e. The van der Waals surface area contributed by atoms with Crippen molar-refractivity contribution >= 4 is 27.6 Å². The van der Waals surface area contributed by atoms with Crippen molar-refractivity contribution in [2.45, 2.75) is 18.9 Å². The van der Waals surface area contributed by atoms with E-state index in [2.05, 4.69) is 31.9 Å². The fourth-order valence-corrected chi connectivity index (χ4v) is 4.01. The summed E-state index contributed by atoms with van der Waals surface area (Å²) in [4.78, 5) is 4.63. The Hall–Kier alpha value is -3.57. The maximum Gasteiger partial charge on any atom is 0.174 e. The molecule has 8 heteroatoms. The van der Waals surface area contributed by atoms with E-state index in [-0.39, 0.29) is 17.3 Å². The summed E-state index contributed by atoms with van der Waals surface area (Å²) in [6.07, 6.45) is 1.89. The molecule has 150 valence electrons. The first-order valence-electron chi connectivity index (χ1n) is 9.79. The van der Waals surface area contributed by atoms with Crippen molar-refractivity contribution < 1.29 is 8.78 Å². The summed E-state index contributed by atoms with van der Waals surface area (Å²) in [7, 11) is 0. The van der Waals surface area contributed by atoms with Gasteiger partial charge in [-0.1, -0.05) is 12.1 Å². The zero-order chi connectivity index (χ0) is 20.7. The minimum Gasteiger partial charge on any atom is -0.364 e. The van der Waals surface area contributed by atoms with Crippen molar-refractivity contribution in [3.05, 3.63) is 53.6 Å². The molecule has 30 heavy (non-hydrogen) atoms. The highest BCUT2D eigenvalue weighted by Gasteiger charge is 2.22. The number of piperidine rings is 1. The Balaban J connectivity index is 1.77. The molecule has 0 unspecified atom stereocenters. The van der Waals surface area contributed by atoms with Crippen LogP contribution in [-0.4, -0.2) is 34.3 Å². The van der Waals surface area contributed by atoms with Crippen LogP contribution in [0, 0.1) is 23.0 Å². The van der Waals surface area contributed by atoms with Crippen molar-refractivity contribution in [2.75, 3.05) is 18.4 Å². The van der Waals surface area contributed by atoms with Gasteiger partial charge in [-0.3, -0.25) is 5.10 Å². The number of hydrogen-bond acceptors (Lipinski definition) is 5. The SMILES string of the molecule is N#Cc1ccc2c(c1)c(-c1c(F)cccc1F)nc1c(NC3CCNCC3)n[nH]c12. The minimum atomic E-state index is -0.707. The molecule has 2 aromatic carbocycles. The molecular formula is C22H18F2N6. The number of nitrogens with one attached hydrogen (secondary N) is 3. The van der Waals surface area contributed by atoms with E-state index in [1.807, 2.05) is 0 Å². The molecule has 0 radical (unpaired) electrons. The second-order valence-electron chi connectivity index (χ2n) is 7.39. The van der Waals surface area contributed by atoms with Gasteiger partial charge >= 0.3 is 0 Å². The quantitative estimate of drug-likeness (QED) is 0.479. The van der Waals surface area contributed by atoms with Crippen LogP contribution in [0.2, 0.25) is 0 Å². The summed E-state index contributed by atoms with van der Waals surface area (Å²) >= 11 is 0. The topological polar surface area (TPSA) is 89.4 Å². The minimum absolute atomic E-state index is 0.153. The van der Waals surface area contributed by atoms with Gasteiger partial charge in [0.25, 0.3) is 0 Å². The number of pyridine rings is 1. The highest BCUT2D eigenvalue weighted by molar-refractivity contribution is 6.12. The third-order valence-corrected chi connectivity index (χ3v) is 5.52. The van der Waals surface area contributed by atoms with Crippen LogP contribution in [0.5, 0.6) is 0 Å². The molecule has 5 rings (SSSR count). The molecule has 4 aromatic rings. The molecular weight excluding hydrogens is 386 g/mol. The first kappa shape index (κ1) is 18.5. The molecule has 0 atom stereocenters. The number of aromatic amines is 1. The Bertz CT molecular complexity index is 1280. The van der Waals surface area contributed by atoms with Gasteiger partial charge in [-0.25, -0.2) is 13.8 Å². The van der Waals surface area contributed by atoms with Crippen LogP contribution >= 0.6 is 0 Å². The Morgan fingerprint density at radius 2 is 1.83 bits per heavy atom. The maximum absolute atomic E-state index is 14.7. The molecule has 1 saturated heterocycles. The van der Waals surface area contributed by atoms with E-state index in [1.54, 1.807) is 18.2 Å². The lowest BCUT2D eigenvalue weighted by Gasteiger charge is -2.23. The third kappa shape index (κ3) is 3.04. The number of aromatic nitrogens is 3. The molecule has 6 nitrogen and oxygen atoms in total. The lowest BCUT2D eigenvalue weighted by atomic mass is 10.00. The molecule has 0 bridgehead atoms. The monoisotopic (exact) mass is 404 g/mol. The van der Waals surface area contributed by atoms with Gasteiger partial charge in [-0.2, -0.15) is 10.4 Å². The van der Waals surface area contributed by atoms with E-state index < -0.39 is 11.6 Å². The van der Waals surface area contributed by atoms with Gasteiger partial charge < -0.3 is 10.6 Å². The summed E-state index contributed by atoms with van der Waals surface area (Å²) in [6.45, 7) is 1.83. The van der Waals surface area contributed by atoms with E-state index >= 15 is 0 Å². The zero-order valence-corrected chi connectivity index (χ0v) is 16.0. The van der Waals surface area contributed by atoms with Crippen LogP contribution in [-0.2, 0) is 0 Å². The number of hydrogen-bond donors (Lipinski definition) is 3. The predicted octanol–water partition coefficient (Wildman–Crippen LogP) is 4.09. The normalized spacial score (nSPS) is 14.8. The summed E-state index contributed by atoms with van der Waals surface area (Å²) in [5.74, 6) is -0.857. The number of benzene rings is 2. The molecule has 3 N–H and O–H groups in total. The van der Waals surface area contributed by atoms with Gasteiger partial charge in [-0.15, -0.1) is 0 Å². The number of anilines is 1. The number of H-pyrrole nitrogens is 1. The van der Waals surface area contributed by atoms with E-state index in [1.165, 1.54) is 18.2 Å². The van der Waals surface area contributed by atoms with E-state index in [0.717, 1.165) is 25.9 Å². The van der Waals surface area contributed by atoms with Crippen molar-refractivity contribution in [1.29, 1.82) is 5.26 Å². The van der Waals surface area contributed by atoms with Gasteiger partial charge in [0, 0.05) is 16.8 Å². The van der Waals surface area contributed by atoms with Gasteiger partial charge in [0.05, 0.1) is 28.4 Å². The third-order valence-electron chi connectivity index (χ3n) is 5.52. The smallest absolute Gasteiger partial charge is 0.174 e. The van der Waals surface area contributed by atoms with Crippen molar-refractivity contribution in [3.63, 3.8) is 0 Å². The summed E-state index contributed by atoms with van der Waals surface area (Å²) in [5, 5.41) is 24.6. The van der Waals surface area contributed by atoms with Gasteiger partial charge in [-0.05, 0) is 50.2 Å². The first-order chi connectivity index (χ1) is 14.7. The Morgan fingerprint density at radius 1 is 1.07 bits per heavy atom. The number of fused-ring (bicyclic) bond motifs is 3. The maximum atomic E-state index is 14.7. The van der Waals surface area contributed by atoms with Crippen LogP contribution < -0.4 is 10.6 Å². The molecule has 2 aromatic heterocycles. The molecule has 0 aliphatic carbocycles. The molecule has 0 amide bonds. The van der Waals surface area contributed by atoms with E-state index in [0.29, 0.717) is 33.2 Å². The second-order valence-corrected chi connectivity index (χ2v) is 7.39. The van der Waals surface area contributed by atoms with Crippen molar-refractivity contribution in [1.82, 2.24) is 20.5 Å². The van der Waals surface area contributed by atoms with E-state index in [4.69, 9.17) is 0 Å². The Morgan fingerprint density at radius 3 is 2.57 bits per heavy atom. The average molecular weight is 404 g/mol. The number of rotatable bonds is 3.